The van der Waals surface area contributed by atoms with Gasteiger partial charge < -0.3 is 9.94 Å². The molecule has 0 saturated carbocycles. The van der Waals surface area contributed by atoms with Crippen LogP contribution in [0.25, 0.3) is 0 Å². The van der Waals surface area contributed by atoms with Gasteiger partial charge in [0.25, 0.3) is 6.04 Å². The molecule has 2 aromatic rings. The molecule has 0 heterocycles. The summed E-state index contributed by atoms with van der Waals surface area (Å²) in [6.45, 7) is 1.23. The van der Waals surface area contributed by atoms with Gasteiger partial charge in [-0.15, -0.1) is 0 Å². The molecule has 0 saturated heterocycles. The topological polar surface area (TPSA) is 85.0 Å². The number of benzene rings is 2. The third-order valence-corrected chi connectivity index (χ3v) is 4.06. The first-order valence-corrected chi connectivity index (χ1v) is 8.00. The Balaban J connectivity index is 2.38. The lowest BCUT2D eigenvalue weighted by molar-refractivity contribution is -0.498. The third kappa shape index (κ3) is 4.81. The molecule has 27 heavy (non-hydrogen) atoms. The lowest BCUT2D eigenvalue weighted by atomic mass is 10.0. The molecule has 0 bridgehead atoms. The minimum atomic E-state index is -4.63. The first kappa shape index (κ1) is 20.8. The van der Waals surface area contributed by atoms with Gasteiger partial charge in [-0.25, -0.2) is 0 Å². The van der Waals surface area contributed by atoms with E-state index in [0.717, 1.165) is 0 Å². The summed E-state index contributed by atoms with van der Waals surface area (Å²) in [6, 6.07) is 5.67. The quantitative estimate of drug-likeness (QED) is 0.292. The molecule has 0 aliphatic heterocycles. The third-order valence-electron chi connectivity index (χ3n) is 3.50. The van der Waals surface area contributed by atoms with Gasteiger partial charge >= 0.3 is 6.18 Å². The van der Waals surface area contributed by atoms with Crippen molar-refractivity contribution in [3.8, 4) is 11.5 Å². The second-order valence-electron chi connectivity index (χ2n) is 5.34. The maximum absolute atomic E-state index is 12.8. The van der Waals surface area contributed by atoms with Crippen LogP contribution in [0, 0.1) is 10.1 Å². The van der Waals surface area contributed by atoms with E-state index in [2.05, 4.69) is 5.16 Å². The van der Waals surface area contributed by atoms with E-state index in [-0.39, 0.29) is 32.8 Å². The van der Waals surface area contributed by atoms with Crippen molar-refractivity contribution in [1.29, 1.82) is 0 Å². The number of oxime groups is 1. The Morgan fingerprint density at radius 1 is 1.26 bits per heavy atom. The molecule has 6 nitrogen and oxygen atoms in total. The summed E-state index contributed by atoms with van der Waals surface area (Å²) in [5, 5.41) is 22.2. The molecular weight excluding hydrogens is 412 g/mol. The summed E-state index contributed by atoms with van der Waals surface area (Å²) in [7, 11) is 0. The van der Waals surface area contributed by atoms with Gasteiger partial charge in [-0.05, 0) is 24.3 Å². The van der Waals surface area contributed by atoms with Crippen LogP contribution in [-0.2, 0) is 6.18 Å². The maximum atomic E-state index is 12.8. The Bertz CT molecular complexity index is 880. The van der Waals surface area contributed by atoms with Crippen LogP contribution in [0.5, 0.6) is 11.5 Å². The molecule has 0 amide bonds. The molecular formula is C16H11Cl2F3N2O4. The predicted octanol–water partition coefficient (Wildman–Crippen LogP) is 5.65. The van der Waals surface area contributed by atoms with Crippen molar-refractivity contribution in [3.05, 3.63) is 67.7 Å². The normalized spacial score (nSPS) is 13.3. The minimum Gasteiger partial charge on any atom is -0.454 e. The Morgan fingerprint density at radius 2 is 1.85 bits per heavy atom. The highest BCUT2D eigenvalue weighted by molar-refractivity contribution is 6.37. The molecule has 2 aromatic carbocycles. The molecule has 1 unspecified atom stereocenters. The largest absolute Gasteiger partial charge is 0.454 e. The zero-order chi connectivity index (χ0) is 20.4. The van der Waals surface area contributed by atoms with Gasteiger partial charge in [0.1, 0.15) is 5.75 Å². The average molecular weight is 423 g/mol. The maximum Gasteiger partial charge on any atom is 0.416 e. The summed E-state index contributed by atoms with van der Waals surface area (Å²) >= 11 is 11.7. The van der Waals surface area contributed by atoms with Gasteiger partial charge in [0.15, 0.2) is 11.5 Å². The molecule has 0 aliphatic carbocycles. The van der Waals surface area contributed by atoms with Crippen LogP contribution in [0.2, 0.25) is 10.0 Å². The van der Waals surface area contributed by atoms with E-state index in [1.165, 1.54) is 31.2 Å². The van der Waals surface area contributed by atoms with Crippen molar-refractivity contribution in [2.24, 2.45) is 5.16 Å². The summed E-state index contributed by atoms with van der Waals surface area (Å²) < 4.78 is 43.8. The highest BCUT2D eigenvalue weighted by Gasteiger charge is 2.32. The van der Waals surface area contributed by atoms with Crippen LogP contribution < -0.4 is 4.74 Å². The average Bonchev–Trinajstić information content (AvgIpc) is 2.58. The fourth-order valence-electron chi connectivity index (χ4n) is 2.14. The zero-order valence-electron chi connectivity index (χ0n) is 13.5. The standard InChI is InChI=1S/C16H11Cl2F3N2O4/c1-8(23(25)26)14(22-24)9-3-2-4-11(5-9)27-15-12(17)6-10(7-13(15)18)16(19,20)21/h2-8,24H,1H3. The van der Waals surface area contributed by atoms with Gasteiger partial charge in [-0.1, -0.05) is 40.5 Å². The number of alkyl halides is 3. The molecule has 2 rings (SSSR count). The molecule has 0 aromatic heterocycles. The van der Waals surface area contributed by atoms with Crippen molar-refractivity contribution >= 4 is 28.9 Å². The number of hydrogen-bond donors (Lipinski definition) is 1. The number of nitrogens with zero attached hydrogens (tertiary/aromatic N) is 2. The van der Waals surface area contributed by atoms with Gasteiger partial charge in [0.05, 0.1) is 15.6 Å². The smallest absolute Gasteiger partial charge is 0.416 e. The minimum absolute atomic E-state index is 0.0766. The first-order valence-electron chi connectivity index (χ1n) is 7.24. The molecule has 0 fully saturated rings. The highest BCUT2D eigenvalue weighted by Crippen LogP contribution is 2.41. The Morgan fingerprint density at radius 3 is 2.33 bits per heavy atom. The van der Waals surface area contributed by atoms with Crippen molar-refractivity contribution in [2.75, 3.05) is 0 Å². The molecule has 11 heteroatoms. The molecule has 1 atom stereocenters. The molecule has 0 radical (unpaired) electrons. The van der Waals surface area contributed by atoms with Crippen molar-refractivity contribution in [3.63, 3.8) is 0 Å². The van der Waals surface area contributed by atoms with Crippen LogP contribution >= 0.6 is 23.2 Å². The number of ether oxygens (including phenoxy) is 1. The molecule has 144 valence electrons. The van der Waals surface area contributed by atoms with E-state index in [9.17, 15) is 23.3 Å². The lowest BCUT2D eigenvalue weighted by Crippen LogP contribution is -2.27. The first-order chi connectivity index (χ1) is 12.5. The van der Waals surface area contributed by atoms with Gasteiger partial charge in [0, 0.05) is 17.4 Å². The van der Waals surface area contributed by atoms with Gasteiger partial charge in [0.2, 0.25) is 0 Å². The number of nitro groups is 1. The van der Waals surface area contributed by atoms with Crippen molar-refractivity contribution < 1.29 is 28.0 Å². The fourth-order valence-corrected chi connectivity index (χ4v) is 2.70. The van der Waals surface area contributed by atoms with Crippen molar-refractivity contribution in [2.45, 2.75) is 19.1 Å². The van der Waals surface area contributed by atoms with Crippen LogP contribution in [0.1, 0.15) is 18.1 Å². The highest BCUT2D eigenvalue weighted by atomic mass is 35.5. The predicted molar refractivity (Wildman–Crippen MR) is 92.8 cm³/mol. The van der Waals surface area contributed by atoms with E-state index in [0.29, 0.717) is 12.1 Å². The van der Waals surface area contributed by atoms with Gasteiger partial charge in [-0.2, -0.15) is 13.2 Å². The van der Waals surface area contributed by atoms with Crippen molar-refractivity contribution in [1.82, 2.24) is 0 Å². The second kappa shape index (κ2) is 8.01. The summed E-state index contributed by atoms with van der Waals surface area (Å²) in [6.07, 6.45) is -4.63. The monoisotopic (exact) mass is 422 g/mol. The molecule has 1 N–H and O–H groups in total. The second-order valence-corrected chi connectivity index (χ2v) is 6.16. The lowest BCUT2D eigenvalue weighted by Gasteiger charge is -2.14. The summed E-state index contributed by atoms with van der Waals surface area (Å²) in [4.78, 5) is 10.3. The molecule has 0 aliphatic rings. The van der Waals surface area contributed by atoms with Gasteiger partial charge in [-0.3, -0.25) is 10.1 Å². The van der Waals surface area contributed by atoms with Crippen LogP contribution in [0.3, 0.4) is 0 Å². The van der Waals surface area contributed by atoms with E-state index in [1.807, 2.05) is 0 Å². The number of halogens is 5. The SMILES string of the molecule is CC(C(=NO)c1cccc(Oc2c(Cl)cc(C(F)(F)F)cc2Cl)c1)[N+](=O)[O-]. The number of hydrogen-bond acceptors (Lipinski definition) is 5. The van der Waals surface area contributed by atoms with E-state index in [4.69, 9.17) is 33.1 Å². The fraction of sp³-hybridized carbons (Fsp3) is 0.188. The molecule has 0 spiro atoms. The Hall–Kier alpha value is -2.52. The van der Waals surface area contributed by atoms with E-state index >= 15 is 0 Å². The van der Waals surface area contributed by atoms with Crippen LogP contribution in [0.4, 0.5) is 13.2 Å². The summed E-state index contributed by atoms with van der Waals surface area (Å²) in [5.74, 6) is -0.138. The zero-order valence-corrected chi connectivity index (χ0v) is 15.0. The summed E-state index contributed by atoms with van der Waals surface area (Å²) in [5.41, 5.74) is -1.08. The van der Waals surface area contributed by atoms with Crippen LogP contribution in [-0.4, -0.2) is 21.9 Å². The van der Waals surface area contributed by atoms with Crippen LogP contribution in [0.15, 0.2) is 41.6 Å². The number of rotatable bonds is 5. The van der Waals surface area contributed by atoms with E-state index in [1.54, 1.807) is 0 Å². The Labute approximate surface area is 160 Å². The Kier molecular flexibility index (Phi) is 6.17. The van der Waals surface area contributed by atoms with E-state index < -0.39 is 22.7 Å².